The molecule has 134 valence electrons. The summed E-state index contributed by atoms with van der Waals surface area (Å²) >= 11 is 0. The molecule has 0 bridgehead atoms. The Bertz CT molecular complexity index is 1350. The second-order valence-electron chi connectivity index (χ2n) is 5.89. The molecule has 0 unspecified atom stereocenters. The van der Waals surface area contributed by atoms with Crippen molar-refractivity contribution in [2.75, 3.05) is 4.72 Å². The number of rotatable bonds is 3. The van der Waals surface area contributed by atoms with E-state index >= 15 is 0 Å². The molecule has 0 radical (unpaired) electrons. The molecule has 2 N–H and O–H groups in total. The molecule has 0 aliphatic rings. The Labute approximate surface area is 152 Å². The summed E-state index contributed by atoms with van der Waals surface area (Å²) in [6.07, 6.45) is 1.30. The fourth-order valence-corrected chi connectivity index (χ4v) is 4.21. The molecule has 4 rings (SSSR count). The molecular weight excluding hydrogens is 372 g/mol. The maximum atomic E-state index is 14.1. The van der Waals surface area contributed by atoms with Gasteiger partial charge in [0.05, 0.1) is 16.8 Å². The van der Waals surface area contributed by atoms with Crippen LogP contribution in [0.1, 0.15) is 5.56 Å². The molecule has 5 nitrogen and oxygen atoms in total. The van der Waals surface area contributed by atoms with Gasteiger partial charge in [-0.25, -0.2) is 17.2 Å². The van der Waals surface area contributed by atoms with Gasteiger partial charge in [-0.15, -0.1) is 0 Å². The number of halogens is 2. The van der Waals surface area contributed by atoms with Gasteiger partial charge in [0.1, 0.15) is 22.6 Å². The fraction of sp³-hybridized carbons (Fsp3) is 0. The molecule has 0 aliphatic heterocycles. The molecule has 0 fully saturated rings. The molecule has 1 aromatic heterocycles. The SMILES string of the molecule is N#Cc1cc(F)c(NS(=O)(=O)c2c[nH]c3c2ccc2ccccc23)cc1F. The molecule has 0 spiro atoms. The molecule has 0 atom stereocenters. The van der Waals surface area contributed by atoms with Gasteiger partial charge in [-0.05, 0) is 11.5 Å². The Kier molecular flexibility index (Phi) is 3.82. The molecule has 0 saturated heterocycles. The number of nitriles is 1. The van der Waals surface area contributed by atoms with E-state index in [2.05, 4.69) is 4.98 Å². The average molecular weight is 383 g/mol. The third kappa shape index (κ3) is 2.78. The average Bonchev–Trinajstić information content (AvgIpc) is 3.10. The highest BCUT2D eigenvalue weighted by Crippen LogP contribution is 2.31. The molecule has 1 heterocycles. The standard InChI is InChI=1S/C19H11F2N3O2S/c20-15-8-17(16(21)7-12(15)9-22)24-27(25,26)18-10-23-19-13-4-2-1-3-11(13)5-6-14(18)19/h1-8,10,23-24H. The number of benzene rings is 3. The fourth-order valence-electron chi connectivity index (χ4n) is 2.98. The lowest BCUT2D eigenvalue weighted by Crippen LogP contribution is -2.14. The van der Waals surface area contributed by atoms with E-state index in [-0.39, 0.29) is 4.90 Å². The van der Waals surface area contributed by atoms with Crippen molar-refractivity contribution in [3.05, 3.63) is 71.9 Å². The minimum atomic E-state index is -4.19. The normalized spacial score (nSPS) is 11.6. The molecule has 0 saturated carbocycles. The van der Waals surface area contributed by atoms with Crippen LogP contribution in [0.3, 0.4) is 0 Å². The number of hydrogen-bond acceptors (Lipinski definition) is 3. The topological polar surface area (TPSA) is 85.8 Å². The van der Waals surface area contributed by atoms with E-state index in [1.54, 1.807) is 12.1 Å². The number of aromatic amines is 1. The van der Waals surface area contributed by atoms with Crippen LogP contribution in [0.2, 0.25) is 0 Å². The van der Waals surface area contributed by atoms with Crippen molar-refractivity contribution in [2.24, 2.45) is 0 Å². The van der Waals surface area contributed by atoms with E-state index in [1.807, 2.05) is 29.0 Å². The minimum Gasteiger partial charge on any atom is -0.359 e. The van der Waals surface area contributed by atoms with Crippen molar-refractivity contribution in [1.82, 2.24) is 4.98 Å². The number of anilines is 1. The maximum absolute atomic E-state index is 14.1. The van der Waals surface area contributed by atoms with Gasteiger partial charge in [0, 0.05) is 23.0 Å². The summed E-state index contributed by atoms with van der Waals surface area (Å²) in [6, 6.07) is 13.7. The lowest BCUT2D eigenvalue weighted by Gasteiger charge is -2.09. The molecule has 3 aromatic carbocycles. The first-order valence-electron chi connectivity index (χ1n) is 7.81. The van der Waals surface area contributed by atoms with Crippen LogP contribution in [-0.2, 0) is 10.0 Å². The zero-order valence-corrected chi connectivity index (χ0v) is 14.4. The van der Waals surface area contributed by atoms with Gasteiger partial charge in [-0.1, -0.05) is 36.4 Å². The summed E-state index contributed by atoms with van der Waals surface area (Å²) in [6.45, 7) is 0. The zero-order valence-electron chi connectivity index (χ0n) is 13.6. The number of sulfonamides is 1. The van der Waals surface area contributed by atoms with Gasteiger partial charge < -0.3 is 4.98 Å². The highest BCUT2D eigenvalue weighted by Gasteiger charge is 2.22. The van der Waals surface area contributed by atoms with E-state index in [0.29, 0.717) is 23.0 Å². The lowest BCUT2D eigenvalue weighted by molar-refractivity contribution is 0.593. The van der Waals surface area contributed by atoms with E-state index in [1.165, 1.54) is 12.3 Å². The predicted octanol–water partition coefficient (Wildman–Crippen LogP) is 4.27. The van der Waals surface area contributed by atoms with Crippen molar-refractivity contribution in [3.8, 4) is 6.07 Å². The summed E-state index contributed by atoms with van der Waals surface area (Å²) in [5.41, 5.74) is -0.449. The third-order valence-electron chi connectivity index (χ3n) is 4.25. The van der Waals surface area contributed by atoms with Crippen molar-refractivity contribution < 1.29 is 17.2 Å². The number of hydrogen-bond donors (Lipinski definition) is 2. The first-order valence-corrected chi connectivity index (χ1v) is 9.30. The number of nitrogens with zero attached hydrogens (tertiary/aromatic N) is 1. The van der Waals surface area contributed by atoms with E-state index in [9.17, 15) is 17.2 Å². The van der Waals surface area contributed by atoms with Crippen LogP contribution in [-0.4, -0.2) is 13.4 Å². The van der Waals surface area contributed by atoms with Gasteiger partial charge in [-0.2, -0.15) is 5.26 Å². The van der Waals surface area contributed by atoms with Crippen molar-refractivity contribution in [2.45, 2.75) is 4.90 Å². The smallest absolute Gasteiger partial charge is 0.264 e. The largest absolute Gasteiger partial charge is 0.359 e. The number of nitrogens with one attached hydrogen (secondary N) is 2. The summed E-state index contributed by atoms with van der Waals surface area (Å²) in [7, 11) is -4.19. The molecular formula is C19H11F2N3O2S. The Hall–Kier alpha value is -3.44. The van der Waals surface area contributed by atoms with Crippen LogP contribution >= 0.6 is 0 Å². The number of fused-ring (bicyclic) bond motifs is 3. The van der Waals surface area contributed by atoms with Gasteiger partial charge in [-0.3, -0.25) is 4.72 Å². The molecule has 0 amide bonds. The van der Waals surface area contributed by atoms with Gasteiger partial charge in [0.15, 0.2) is 0 Å². The first kappa shape index (κ1) is 17.0. The molecule has 4 aromatic rings. The predicted molar refractivity (Wildman–Crippen MR) is 97.7 cm³/mol. The van der Waals surface area contributed by atoms with Gasteiger partial charge in [0.2, 0.25) is 0 Å². The van der Waals surface area contributed by atoms with Crippen molar-refractivity contribution in [3.63, 3.8) is 0 Å². The van der Waals surface area contributed by atoms with Gasteiger partial charge in [0.25, 0.3) is 10.0 Å². The van der Waals surface area contributed by atoms with Crippen LogP contribution in [0.4, 0.5) is 14.5 Å². The van der Waals surface area contributed by atoms with E-state index in [4.69, 9.17) is 5.26 Å². The molecule has 27 heavy (non-hydrogen) atoms. The summed E-state index contributed by atoms with van der Waals surface area (Å²) < 4.78 is 55.3. The van der Waals surface area contributed by atoms with Crippen molar-refractivity contribution >= 4 is 37.4 Å². The van der Waals surface area contributed by atoms with E-state index < -0.39 is 32.9 Å². The lowest BCUT2D eigenvalue weighted by atomic mass is 10.1. The summed E-state index contributed by atoms with van der Waals surface area (Å²) in [5.74, 6) is -2.05. The monoisotopic (exact) mass is 383 g/mol. The van der Waals surface area contributed by atoms with Crippen LogP contribution < -0.4 is 4.72 Å². The van der Waals surface area contributed by atoms with Crippen LogP contribution in [0.25, 0.3) is 21.7 Å². The Morgan fingerprint density at radius 3 is 2.56 bits per heavy atom. The first-order chi connectivity index (χ1) is 12.9. The van der Waals surface area contributed by atoms with Crippen LogP contribution in [0.15, 0.2) is 59.6 Å². The Morgan fingerprint density at radius 1 is 1.00 bits per heavy atom. The van der Waals surface area contributed by atoms with Crippen molar-refractivity contribution in [1.29, 1.82) is 5.26 Å². The number of aromatic nitrogens is 1. The van der Waals surface area contributed by atoms with Crippen LogP contribution in [0.5, 0.6) is 0 Å². The zero-order chi connectivity index (χ0) is 19.2. The third-order valence-corrected chi connectivity index (χ3v) is 5.66. The molecule has 0 aliphatic carbocycles. The highest BCUT2D eigenvalue weighted by molar-refractivity contribution is 7.93. The summed E-state index contributed by atoms with van der Waals surface area (Å²) in [4.78, 5) is 2.85. The Morgan fingerprint density at radius 2 is 1.78 bits per heavy atom. The maximum Gasteiger partial charge on any atom is 0.264 e. The minimum absolute atomic E-state index is 0.0904. The quantitative estimate of drug-likeness (QED) is 0.554. The second kappa shape index (κ2) is 6.07. The number of H-pyrrole nitrogens is 1. The summed E-state index contributed by atoms with van der Waals surface area (Å²) in [5, 5.41) is 10.9. The highest BCUT2D eigenvalue weighted by atomic mass is 32.2. The Balaban J connectivity index is 1.83. The molecule has 8 heteroatoms. The van der Waals surface area contributed by atoms with Crippen LogP contribution in [0, 0.1) is 23.0 Å². The second-order valence-corrected chi connectivity index (χ2v) is 7.54. The van der Waals surface area contributed by atoms with Gasteiger partial charge >= 0.3 is 0 Å². The van der Waals surface area contributed by atoms with E-state index in [0.717, 1.165) is 10.8 Å².